The van der Waals surface area contributed by atoms with Gasteiger partial charge in [0.1, 0.15) is 0 Å². The quantitative estimate of drug-likeness (QED) is 0.441. The fourth-order valence-corrected chi connectivity index (χ4v) is 3.95. The molecule has 13 heteroatoms. The van der Waals surface area contributed by atoms with E-state index >= 15 is 0 Å². The van der Waals surface area contributed by atoms with Crippen molar-refractivity contribution in [3.63, 3.8) is 0 Å². The van der Waals surface area contributed by atoms with Gasteiger partial charge in [0, 0.05) is 33.1 Å². The second kappa shape index (κ2) is 9.15. The lowest BCUT2D eigenvalue weighted by atomic mass is 10.4. The van der Waals surface area contributed by atoms with Gasteiger partial charge in [-0.25, -0.2) is 8.42 Å². The van der Waals surface area contributed by atoms with Crippen molar-refractivity contribution >= 4 is 38.3 Å². The van der Waals surface area contributed by atoms with Crippen LogP contribution in [0.1, 0.15) is 6.92 Å². The van der Waals surface area contributed by atoms with E-state index in [9.17, 15) is 18.0 Å². The van der Waals surface area contributed by atoms with E-state index in [1.807, 2.05) is 0 Å². The van der Waals surface area contributed by atoms with E-state index in [0.717, 1.165) is 13.1 Å². The van der Waals surface area contributed by atoms with Gasteiger partial charge in [-0.1, -0.05) is 11.3 Å². The second-order valence-electron chi connectivity index (χ2n) is 5.18. The van der Waals surface area contributed by atoms with Gasteiger partial charge >= 0.3 is 0 Å². The van der Waals surface area contributed by atoms with E-state index in [4.69, 9.17) is 4.74 Å². The number of anilines is 1. The van der Waals surface area contributed by atoms with Gasteiger partial charge in [-0.15, -0.1) is 10.2 Å². The molecule has 1 saturated heterocycles. The molecule has 25 heavy (non-hydrogen) atoms. The van der Waals surface area contributed by atoms with Gasteiger partial charge in [0.15, 0.2) is 0 Å². The Morgan fingerprint density at radius 3 is 2.68 bits per heavy atom. The van der Waals surface area contributed by atoms with Crippen LogP contribution in [-0.4, -0.2) is 81.3 Å². The molecule has 2 heterocycles. The summed E-state index contributed by atoms with van der Waals surface area (Å²) in [6.07, 6.45) is 0. The average Bonchev–Trinajstić information content (AvgIpc) is 3.03. The van der Waals surface area contributed by atoms with Crippen LogP contribution in [0.15, 0.2) is 4.34 Å². The van der Waals surface area contributed by atoms with Gasteiger partial charge in [0.2, 0.25) is 21.3 Å². The number of amides is 2. The number of ether oxygens (including phenoxy) is 1. The Labute approximate surface area is 149 Å². The molecule has 2 rings (SSSR count). The molecule has 0 saturated carbocycles. The summed E-state index contributed by atoms with van der Waals surface area (Å²) >= 11 is 0.702. The summed E-state index contributed by atoms with van der Waals surface area (Å²) in [6, 6.07) is 0. The van der Waals surface area contributed by atoms with Crippen molar-refractivity contribution in [1.82, 2.24) is 25.1 Å². The number of nitrogens with one attached hydrogen (secondary N) is 3. The predicted molar refractivity (Wildman–Crippen MR) is 89.7 cm³/mol. The number of morpholine rings is 1. The number of sulfonamides is 1. The summed E-state index contributed by atoms with van der Waals surface area (Å²) in [5.41, 5.74) is 0. The molecule has 1 aliphatic heterocycles. The van der Waals surface area contributed by atoms with Crippen LogP contribution < -0.4 is 15.4 Å². The Morgan fingerprint density at radius 1 is 1.28 bits per heavy atom. The Morgan fingerprint density at radius 2 is 2.00 bits per heavy atom. The summed E-state index contributed by atoms with van der Waals surface area (Å²) in [5.74, 6) is -0.823. The molecule has 3 N–H and O–H groups in total. The molecule has 0 unspecified atom stereocenters. The third-order valence-corrected chi connectivity index (χ3v) is 5.80. The van der Waals surface area contributed by atoms with Crippen molar-refractivity contribution in [3.05, 3.63) is 0 Å². The first-order valence-corrected chi connectivity index (χ1v) is 9.84. The predicted octanol–water partition coefficient (Wildman–Crippen LogP) is -1.78. The Bertz CT molecular complexity index is 701. The van der Waals surface area contributed by atoms with Crippen molar-refractivity contribution in [2.24, 2.45) is 0 Å². The highest BCUT2D eigenvalue weighted by atomic mass is 32.2. The van der Waals surface area contributed by atoms with Gasteiger partial charge in [-0.3, -0.25) is 14.5 Å². The number of nitrogens with zero attached hydrogens (tertiary/aromatic N) is 3. The van der Waals surface area contributed by atoms with Crippen molar-refractivity contribution < 1.29 is 22.7 Å². The number of carbonyl (C=O) groups is 2. The zero-order valence-electron chi connectivity index (χ0n) is 13.6. The first-order chi connectivity index (χ1) is 11.9. The third kappa shape index (κ3) is 6.62. The molecule has 140 valence electrons. The molecule has 0 atom stereocenters. The Kier molecular flexibility index (Phi) is 7.19. The van der Waals surface area contributed by atoms with Crippen molar-refractivity contribution in [2.45, 2.75) is 11.3 Å². The molecule has 1 aromatic heterocycles. The number of hydrogen-bond donors (Lipinski definition) is 3. The monoisotopic (exact) mass is 392 g/mol. The van der Waals surface area contributed by atoms with E-state index in [1.165, 1.54) is 6.92 Å². The molecule has 1 aliphatic rings. The van der Waals surface area contributed by atoms with E-state index in [0.29, 0.717) is 37.6 Å². The van der Waals surface area contributed by atoms with Crippen molar-refractivity contribution in [1.29, 1.82) is 0 Å². The fourth-order valence-electron chi connectivity index (χ4n) is 1.98. The minimum absolute atomic E-state index is 0.0721. The largest absolute Gasteiger partial charge is 0.379 e. The molecular weight excluding hydrogens is 372 g/mol. The SMILES string of the molecule is CC(=O)Nc1nnc(S(=O)(=O)NCC(=O)NCCN2CCOCC2)s1. The van der Waals surface area contributed by atoms with Crippen molar-refractivity contribution in [2.75, 3.05) is 51.3 Å². The number of aromatic nitrogens is 2. The maximum Gasteiger partial charge on any atom is 0.270 e. The lowest BCUT2D eigenvalue weighted by Gasteiger charge is -2.26. The molecule has 0 radical (unpaired) electrons. The van der Waals surface area contributed by atoms with Crippen LogP contribution in [0.4, 0.5) is 5.13 Å². The van der Waals surface area contributed by atoms with Crippen LogP contribution in [0.2, 0.25) is 0 Å². The van der Waals surface area contributed by atoms with E-state index in [-0.39, 0.29) is 15.4 Å². The molecule has 0 aliphatic carbocycles. The summed E-state index contributed by atoms with van der Waals surface area (Å²) in [7, 11) is -3.96. The minimum atomic E-state index is -3.96. The number of rotatable bonds is 8. The van der Waals surface area contributed by atoms with Crippen molar-refractivity contribution in [3.8, 4) is 0 Å². The topological polar surface area (TPSA) is 143 Å². The van der Waals surface area contributed by atoms with Crippen LogP contribution >= 0.6 is 11.3 Å². The molecule has 1 fully saturated rings. The lowest BCUT2D eigenvalue weighted by molar-refractivity contribution is -0.120. The normalized spacial score (nSPS) is 15.7. The molecule has 11 nitrogen and oxygen atoms in total. The maximum atomic E-state index is 12.0. The highest BCUT2D eigenvalue weighted by Crippen LogP contribution is 2.19. The average molecular weight is 392 g/mol. The third-order valence-electron chi connectivity index (χ3n) is 3.20. The van der Waals surface area contributed by atoms with Gasteiger partial charge < -0.3 is 15.4 Å². The maximum absolute atomic E-state index is 12.0. The van der Waals surface area contributed by atoms with Gasteiger partial charge in [0.05, 0.1) is 19.8 Å². The highest BCUT2D eigenvalue weighted by molar-refractivity contribution is 7.91. The standard InChI is InChI=1S/C12H20N6O5S2/c1-9(19)15-11-16-17-12(24-11)25(21,22)14-8-10(20)13-2-3-18-4-6-23-7-5-18/h14H,2-8H2,1H3,(H,13,20)(H,15,16,19). The van der Waals surface area contributed by atoms with E-state index in [2.05, 4.69) is 30.5 Å². The summed E-state index contributed by atoms with van der Waals surface area (Å²) in [5, 5.41) is 12.1. The van der Waals surface area contributed by atoms with Gasteiger partial charge in [-0.2, -0.15) is 4.72 Å². The zero-order valence-corrected chi connectivity index (χ0v) is 15.3. The summed E-state index contributed by atoms with van der Waals surface area (Å²) in [6.45, 7) is 4.96. The first kappa shape index (κ1) is 19.7. The second-order valence-corrected chi connectivity index (χ2v) is 8.10. The smallest absolute Gasteiger partial charge is 0.270 e. The molecule has 0 aromatic carbocycles. The molecule has 0 bridgehead atoms. The van der Waals surface area contributed by atoms with Crippen LogP contribution in [0, 0.1) is 0 Å². The number of carbonyl (C=O) groups excluding carboxylic acids is 2. The molecule has 0 spiro atoms. The molecular formula is C12H20N6O5S2. The van der Waals surface area contributed by atoms with Crippen LogP contribution in [0.5, 0.6) is 0 Å². The zero-order chi connectivity index (χ0) is 18.3. The summed E-state index contributed by atoms with van der Waals surface area (Å²) in [4.78, 5) is 24.8. The fraction of sp³-hybridized carbons (Fsp3) is 0.667. The number of hydrogen-bond acceptors (Lipinski definition) is 9. The van der Waals surface area contributed by atoms with E-state index < -0.39 is 22.5 Å². The van der Waals surface area contributed by atoms with Gasteiger partial charge in [-0.05, 0) is 0 Å². The van der Waals surface area contributed by atoms with Crippen LogP contribution in [0.3, 0.4) is 0 Å². The minimum Gasteiger partial charge on any atom is -0.379 e. The first-order valence-electron chi connectivity index (χ1n) is 7.54. The van der Waals surface area contributed by atoms with Gasteiger partial charge in [0.25, 0.3) is 10.0 Å². The molecule has 1 aromatic rings. The summed E-state index contributed by atoms with van der Waals surface area (Å²) < 4.78 is 31.1. The molecule has 2 amide bonds. The van der Waals surface area contributed by atoms with Crippen LogP contribution in [-0.2, 0) is 24.3 Å². The highest BCUT2D eigenvalue weighted by Gasteiger charge is 2.21. The Hall–Kier alpha value is -1.67. The lowest BCUT2D eigenvalue weighted by Crippen LogP contribution is -2.43. The Balaban J connectivity index is 1.73. The van der Waals surface area contributed by atoms with E-state index in [1.54, 1.807) is 0 Å². The van der Waals surface area contributed by atoms with Crippen LogP contribution in [0.25, 0.3) is 0 Å².